The first-order valence-electron chi connectivity index (χ1n) is 15.7. The van der Waals surface area contributed by atoms with E-state index in [9.17, 15) is 0 Å². The first kappa shape index (κ1) is 26.7. The number of fused-ring (bicyclic) bond motifs is 5. The van der Waals surface area contributed by atoms with Crippen LogP contribution in [0, 0.1) is 0 Å². The molecule has 46 heavy (non-hydrogen) atoms. The summed E-state index contributed by atoms with van der Waals surface area (Å²) in [6.45, 7) is 0. The molecule has 0 aliphatic carbocycles. The Morgan fingerprint density at radius 1 is 0.370 bits per heavy atom. The maximum atomic E-state index is 2.46. The molecule has 0 saturated heterocycles. The normalized spacial score (nSPS) is 11.5. The van der Waals surface area contributed by atoms with Crippen LogP contribution in [0.4, 0.5) is 17.1 Å². The van der Waals surface area contributed by atoms with Gasteiger partial charge in [-0.2, -0.15) is 0 Å². The molecule has 1 aromatic heterocycles. The lowest BCUT2D eigenvalue weighted by atomic mass is 9.95. The summed E-state index contributed by atoms with van der Waals surface area (Å²) in [6, 6.07) is 64.0. The van der Waals surface area contributed by atoms with Crippen molar-refractivity contribution in [2.45, 2.75) is 0 Å². The number of hydrogen-bond acceptors (Lipinski definition) is 2. The van der Waals surface area contributed by atoms with Crippen LogP contribution in [0.15, 0.2) is 176 Å². The Kier molecular flexibility index (Phi) is 6.40. The summed E-state index contributed by atoms with van der Waals surface area (Å²) in [4.78, 5) is 2.46. The molecule has 0 atom stereocenters. The number of rotatable bonds is 5. The maximum Gasteiger partial charge on any atom is 0.0540 e. The molecule has 9 rings (SSSR count). The molecule has 1 nitrogen and oxygen atoms in total. The van der Waals surface area contributed by atoms with E-state index in [0.29, 0.717) is 0 Å². The van der Waals surface area contributed by atoms with E-state index in [-0.39, 0.29) is 0 Å². The number of anilines is 3. The molecular weight excluding hydrogens is 575 g/mol. The Labute approximate surface area is 272 Å². The molecule has 0 aliphatic heterocycles. The van der Waals surface area contributed by atoms with Crippen LogP contribution in [0.3, 0.4) is 0 Å². The minimum atomic E-state index is 1.12. The molecule has 8 aromatic carbocycles. The van der Waals surface area contributed by atoms with Gasteiger partial charge in [-0.1, -0.05) is 140 Å². The van der Waals surface area contributed by atoms with Crippen LogP contribution in [-0.4, -0.2) is 0 Å². The van der Waals surface area contributed by atoms with E-state index in [2.05, 4.69) is 181 Å². The summed E-state index contributed by atoms with van der Waals surface area (Å²) < 4.78 is 2.62. The van der Waals surface area contributed by atoms with Crippen molar-refractivity contribution >= 4 is 70.1 Å². The molecule has 0 spiro atoms. The van der Waals surface area contributed by atoms with Gasteiger partial charge in [0.1, 0.15) is 0 Å². The summed E-state index contributed by atoms with van der Waals surface area (Å²) >= 11 is 1.87. The van der Waals surface area contributed by atoms with Crippen LogP contribution >= 0.6 is 11.3 Å². The molecule has 0 aliphatic rings. The minimum absolute atomic E-state index is 1.12. The van der Waals surface area contributed by atoms with Gasteiger partial charge in [-0.05, 0) is 69.2 Å². The summed E-state index contributed by atoms with van der Waals surface area (Å²) in [7, 11) is 0. The second-order valence-electron chi connectivity index (χ2n) is 11.7. The van der Waals surface area contributed by atoms with Crippen molar-refractivity contribution in [1.29, 1.82) is 0 Å². The smallest absolute Gasteiger partial charge is 0.0540 e. The van der Waals surface area contributed by atoms with Crippen molar-refractivity contribution in [2.24, 2.45) is 0 Å². The Morgan fingerprint density at radius 3 is 1.83 bits per heavy atom. The van der Waals surface area contributed by atoms with Gasteiger partial charge in [0.25, 0.3) is 0 Å². The zero-order valence-electron chi connectivity index (χ0n) is 25.1. The first-order valence-corrected chi connectivity index (χ1v) is 16.5. The van der Waals surface area contributed by atoms with E-state index < -0.39 is 0 Å². The van der Waals surface area contributed by atoms with Crippen molar-refractivity contribution in [2.75, 3.05) is 4.90 Å². The fourth-order valence-electron chi connectivity index (χ4n) is 7.00. The Balaban J connectivity index is 1.32. The fourth-order valence-corrected chi connectivity index (χ4v) is 8.13. The largest absolute Gasteiger partial charge is 0.309 e. The average Bonchev–Trinajstić information content (AvgIpc) is 3.51. The van der Waals surface area contributed by atoms with Gasteiger partial charge in [0.2, 0.25) is 0 Å². The Bertz CT molecular complexity index is 2550. The van der Waals surface area contributed by atoms with Gasteiger partial charge in [0.15, 0.2) is 0 Å². The van der Waals surface area contributed by atoms with E-state index in [1.165, 1.54) is 64.0 Å². The van der Waals surface area contributed by atoms with Gasteiger partial charge in [-0.25, -0.2) is 0 Å². The summed E-state index contributed by atoms with van der Waals surface area (Å²) in [6.07, 6.45) is 0. The van der Waals surface area contributed by atoms with Crippen LogP contribution in [0.1, 0.15) is 0 Å². The highest BCUT2D eigenvalue weighted by Crippen LogP contribution is 2.47. The SMILES string of the molecule is c1cc(-c2cccc3ccccc23)cc(N(c2ccccc2-c2cccc3sc4ccccc4c23)c2cccc3ccccc23)c1. The van der Waals surface area contributed by atoms with E-state index in [1.807, 2.05) is 11.3 Å². The number of nitrogens with zero attached hydrogens (tertiary/aromatic N) is 1. The third-order valence-corrected chi connectivity index (χ3v) is 10.2. The molecule has 2 heteroatoms. The summed E-state index contributed by atoms with van der Waals surface area (Å²) in [5.41, 5.74) is 8.32. The summed E-state index contributed by atoms with van der Waals surface area (Å²) in [5, 5.41) is 7.57. The number of para-hydroxylation sites is 1. The van der Waals surface area contributed by atoms with Crippen molar-refractivity contribution < 1.29 is 0 Å². The van der Waals surface area contributed by atoms with Gasteiger partial charge in [-0.15, -0.1) is 11.3 Å². The van der Waals surface area contributed by atoms with Crippen LogP contribution in [0.2, 0.25) is 0 Å². The van der Waals surface area contributed by atoms with Crippen molar-refractivity contribution in [3.05, 3.63) is 176 Å². The maximum absolute atomic E-state index is 2.46. The Hall–Kier alpha value is -5.70. The molecule has 0 unspecified atom stereocenters. The van der Waals surface area contributed by atoms with Gasteiger partial charge in [0, 0.05) is 36.8 Å². The van der Waals surface area contributed by atoms with Crippen molar-refractivity contribution in [3.8, 4) is 22.3 Å². The third kappa shape index (κ3) is 4.38. The highest BCUT2D eigenvalue weighted by atomic mass is 32.1. The van der Waals surface area contributed by atoms with Gasteiger partial charge in [-0.3, -0.25) is 0 Å². The quantitative estimate of drug-likeness (QED) is 0.189. The van der Waals surface area contributed by atoms with E-state index in [0.717, 1.165) is 17.1 Å². The third-order valence-electron chi connectivity index (χ3n) is 9.05. The second-order valence-corrected chi connectivity index (χ2v) is 12.8. The molecule has 0 radical (unpaired) electrons. The standard InChI is InChI=1S/C44H29NS/c1-3-19-34-30(13-1)15-10-23-35(34)32-17-9-18-33(29-32)45(40-26-11-16-31-14-2-4-20-36(31)40)41-25-7-5-21-37(41)38-24-12-28-43-44(38)39-22-6-8-27-42(39)46-43/h1-29H. The number of hydrogen-bond donors (Lipinski definition) is 0. The van der Waals surface area contributed by atoms with E-state index in [1.54, 1.807) is 0 Å². The molecule has 9 aromatic rings. The van der Waals surface area contributed by atoms with Crippen LogP contribution in [0.25, 0.3) is 64.0 Å². The molecule has 0 N–H and O–H groups in total. The highest BCUT2D eigenvalue weighted by Gasteiger charge is 2.21. The monoisotopic (exact) mass is 603 g/mol. The van der Waals surface area contributed by atoms with Gasteiger partial charge < -0.3 is 4.90 Å². The fraction of sp³-hybridized carbons (Fsp3) is 0. The van der Waals surface area contributed by atoms with E-state index in [4.69, 9.17) is 0 Å². The lowest BCUT2D eigenvalue weighted by Crippen LogP contribution is -2.12. The van der Waals surface area contributed by atoms with Crippen LogP contribution < -0.4 is 4.90 Å². The number of benzene rings is 8. The molecule has 216 valence electrons. The molecule has 1 heterocycles. The first-order chi connectivity index (χ1) is 22.8. The molecule has 0 bridgehead atoms. The second kappa shape index (κ2) is 11.0. The minimum Gasteiger partial charge on any atom is -0.309 e. The van der Waals surface area contributed by atoms with Crippen molar-refractivity contribution in [1.82, 2.24) is 0 Å². The predicted octanol–water partition coefficient (Wildman–Crippen LogP) is 13.2. The zero-order chi connectivity index (χ0) is 30.5. The predicted molar refractivity (Wildman–Crippen MR) is 200 cm³/mol. The average molecular weight is 604 g/mol. The van der Waals surface area contributed by atoms with Crippen molar-refractivity contribution in [3.63, 3.8) is 0 Å². The van der Waals surface area contributed by atoms with Crippen LogP contribution in [0.5, 0.6) is 0 Å². The lowest BCUT2D eigenvalue weighted by molar-refractivity contribution is 1.30. The Morgan fingerprint density at radius 2 is 0.935 bits per heavy atom. The molecule has 0 amide bonds. The highest BCUT2D eigenvalue weighted by molar-refractivity contribution is 7.25. The zero-order valence-corrected chi connectivity index (χ0v) is 25.9. The molecule has 0 fully saturated rings. The molecule has 0 saturated carbocycles. The van der Waals surface area contributed by atoms with Gasteiger partial charge >= 0.3 is 0 Å². The van der Waals surface area contributed by atoms with Gasteiger partial charge in [0.05, 0.1) is 11.4 Å². The number of thiophene rings is 1. The van der Waals surface area contributed by atoms with Crippen LogP contribution in [-0.2, 0) is 0 Å². The topological polar surface area (TPSA) is 3.24 Å². The van der Waals surface area contributed by atoms with E-state index >= 15 is 0 Å². The molecular formula is C44H29NS. The lowest BCUT2D eigenvalue weighted by Gasteiger charge is -2.29. The summed E-state index contributed by atoms with van der Waals surface area (Å²) in [5.74, 6) is 0.